The molecule has 15 heavy (non-hydrogen) atoms. The van der Waals surface area contributed by atoms with Crippen LogP contribution in [0, 0.1) is 0 Å². The molecule has 1 amide bonds. The summed E-state index contributed by atoms with van der Waals surface area (Å²) in [5.74, 6) is -0.528. The van der Waals surface area contributed by atoms with Crippen molar-refractivity contribution in [2.75, 3.05) is 11.5 Å². The minimum atomic E-state index is -1.45. The fraction of sp³-hybridized carbons (Fsp3) is 0.300. The fourth-order valence-electron chi connectivity index (χ4n) is 0.939. The number of carbonyl (C=O) groups is 1. The first kappa shape index (κ1) is 12.3. The largest absolute Gasteiger partial charge is 0.355 e. The number of nitrogens with zero attached hydrogens (tertiary/aromatic N) is 1. The number of alkyl halides is 1. The van der Waals surface area contributed by atoms with E-state index in [1.54, 1.807) is 24.3 Å². The van der Waals surface area contributed by atoms with Gasteiger partial charge in [-0.05, 0) is 19.1 Å². The fourth-order valence-corrected chi connectivity index (χ4v) is 1.34. The molecule has 0 aliphatic heterocycles. The van der Waals surface area contributed by atoms with Gasteiger partial charge in [0.25, 0.3) is 5.91 Å². The lowest BCUT2D eigenvalue weighted by molar-refractivity contribution is -0.129. The lowest BCUT2D eigenvalue weighted by Gasteiger charge is -2.23. The normalized spacial score (nSPS) is 14.4. The Labute approximate surface area is 98.6 Å². The van der Waals surface area contributed by atoms with Crippen LogP contribution in [-0.2, 0) is 9.53 Å². The molecule has 0 aliphatic rings. The topological polar surface area (TPSA) is 29.5 Å². The van der Waals surface area contributed by atoms with E-state index in [0.717, 1.165) is 4.42 Å². The molecule has 1 atom stereocenters. The molecule has 82 valence electrons. The number of benzene rings is 1. The van der Waals surface area contributed by atoms with Gasteiger partial charge in [0.2, 0.25) is 5.06 Å². The number of para-hydroxylation sites is 1. The highest BCUT2D eigenvalue weighted by molar-refractivity contribution is 6.45. The van der Waals surface area contributed by atoms with Crippen LogP contribution in [0.15, 0.2) is 30.3 Å². The quantitative estimate of drug-likeness (QED) is 0.608. The van der Waals surface area contributed by atoms with Crippen molar-refractivity contribution >= 4 is 35.0 Å². The molecule has 0 aromatic heterocycles. The van der Waals surface area contributed by atoms with Gasteiger partial charge in [0.15, 0.2) is 0 Å². The zero-order chi connectivity index (χ0) is 11.5. The van der Waals surface area contributed by atoms with Gasteiger partial charge in [0.1, 0.15) is 0 Å². The molecule has 0 radical (unpaired) electrons. The Morgan fingerprint density at radius 2 is 1.93 bits per heavy atom. The Morgan fingerprint density at radius 1 is 1.40 bits per heavy atom. The summed E-state index contributed by atoms with van der Waals surface area (Å²) in [5, 5.41) is -1.45. The third-order valence-electron chi connectivity index (χ3n) is 1.93. The predicted molar refractivity (Wildman–Crippen MR) is 61.0 cm³/mol. The number of rotatable bonds is 3. The number of halogens is 2. The van der Waals surface area contributed by atoms with Crippen molar-refractivity contribution in [3.8, 4) is 0 Å². The number of anilines is 1. The highest BCUT2D eigenvalue weighted by Crippen LogP contribution is 2.24. The summed E-state index contributed by atoms with van der Waals surface area (Å²) >= 11 is 11.7. The van der Waals surface area contributed by atoms with Crippen LogP contribution in [0.4, 0.5) is 5.69 Å². The minimum absolute atomic E-state index is 0.528. The molecular formula is C10H11Cl2NO2. The van der Waals surface area contributed by atoms with Gasteiger partial charge in [-0.3, -0.25) is 4.79 Å². The third-order valence-corrected chi connectivity index (χ3v) is 2.59. The zero-order valence-electron chi connectivity index (χ0n) is 8.41. The Kier molecular flexibility index (Phi) is 3.97. The van der Waals surface area contributed by atoms with E-state index in [-0.39, 0.29) is 0 Å². The molecule has 0 N–H and O–H groups in total. The first-order valence-electron chi connectivity index (χ1n) is 4.28. The second kappa shape index (κ2) is 4.84. The first-order chi connectivity index (χ1) is 6.99. The van der Waals surface area contributed by atoms with E-state index < -0.39 is 11.0 Å². The van der Waals surface area contributed by atoms with Gasteiger partial charge in [0.05, 0.1) is 5.69 Å². The van der Waals surface area contributed by atoms with Gasteiger partial charge >= 0.3 is 0 Å². The Morgan fingerprint density at radius 3 is 2.40 bits per heavy atom. The van der Waals surface area contributed by atoms with Crippen LogP contribution in [0.25, 0.3) is 0 Å². The Bertz CT molecular complexity index is 341. The summed E-state index contributed by atoms with van der Waals surface area (Å²) in [6.07, 6.45) is 0. The molecule has 0 aliphatic carbocycles. The van der Waals surface area contributed by atoms with E-state index in [4.69, 9.17) is 28.1 Å². The van der Waals surface area contributed by atoms with E-state index in [1.165, 1.54) is 14.0 Å². The van der Waals surface area contributed by atoms with Gasteiger partial charge in [-0.15, -0.1) is 0 Å². The minimum Gasteiger partial charge on any atom is -0.355 e. The van der Waals surface area contributed by atoms with E-state index in [1.807, 2.05) is 6.07 Å². The van der Waals surface area contributed by atoms with Gasteiger partial charge in [0, 0.05) is 18.9 Å². The smallest absolute Gasteiger partial charge is 0.289 e. The van der Waals surface area contributed by atoms with E-state index >= 15 is 0 Å². The molecule has 1 aromatic carbocycles. The summed E-state index contributed by atoms with van der Waals surface area (Å²) in [6, 6.07) is 8.78. The summed E-state index contributed by atoms with van der Waals surface area (Å²) < 4.78 is 5.77. The molecule has 0 fully saturated rings. The average Bonchev–Trinajstić information content (AvgIpc) is 2.28. The zero-order valence-corrected chi connectivity index (χ0v) is 9.92. The Balaban J connectivity index is 2.87. The van der Waals surface area contributed by atoms with Crippen LogP contribution in [0.5, 0.6) is 0 Å². The van der Waals surface area contributed by atoms with Crippen LogP contribution >= 0.6 is 23.4 Å². The number of hydrogen-bond acceptors (Lipinski definition) is 2. The van der Waals surface area contributed by atoms with Crippen LogP contribution in [0.3, 0.4) is 0 Å². The van der Waals surface area contributed by atoms with Crippen molar-refractivity contribution in [1.29, 1.82) is 0 Å². The monoisotopic (exact) mass is 247 g/mol. The highest BCUT2D eigenvalue weighted by atomic mass is 35.5. The molecule has 0 heterocycles. The maximum Gasteiger partial charge on any atom is 0.289 e. The summed E-state index contributed by atoms with van der Waals surface area (Å²) in [7, 11) is 1.35. The van der Waals surface area contributed by atoms with Crippen LogP contribution < -0.4 is 4.42 Å². The second-order valence-electron chi connectivity index (χ2n) is 3.04. The maximum absolute atomic E-state index is 11.7. The molecule has 1 unspecified atom stereocenters. The van der Waals surface area contributed by atoms with E-state index in [2.05, 4.69) is 0 Å². The maximum atomic E-state index is 11.7. The Hall–Kier alpha value is -0.770. The predicted octanol–water partition coefficient (Wildman–Crippen LogP) is 2.77. The van der Waals surface area contributed by atoms with Gasteiger partial charge in [-0.1, -0.05) is 29.8 Å². The number of methoxy groups -OCH3 is 1. The average molecular weight is 248 g/mol. The van der Waals surface area contributed by atoms with Crippen molar-refractivity contribution in [2.45, 2.75) is 12.0 Å². The molecule has 0 saturated carbocycles. The molecule has 1 aromatic rings. The van der Waals surface area contributed by atoms with Crippen molar-refractivity contribution in [1.82, 2.24) is 0 Å². The summed E-state index contributed by atoms with van der Waals surface area (Å²) in [4.78, 5) is 11.7. The molecule has 3 nitrogen and oxygen atoms in total. The standard InChI is InChI=1S/C10H11Cl2NO2/c1-10(11,15-2)9(14)13(12)8-6-4-3-5-7-8/h3-7H,1-2H3. The number of amides is 1. The lowest BCUT2D eigenvalue weighted by Crippen LogP contribution is -2.40. The third kappa shape index (κ3) is 2.84. The van der Waals surface area contributed by atoms with Gasteiger partial charge in [-0.25, -0.2) is 4.42 Å². The molecular weight excluding hydrogens is 237 g/mol. The van der Waals surface area contributed by atoms with E-state index in [9.17, 15) is 4.79 Å². The van der Waals surface area contributed by atoms with E-state index in [0.29, 0.717) is 5.69 Å². The van der Waals surface area contributed by atoms with Crippen LogP contribution in [-0.4, -0.2) is 18.1 Å². The summed E-state index contributed by atoms with van der Waals surface area (Å²) in [5.41, 5.74) is 0.549. The van der Waals surface area contributed by atoms with Gasteiger partial charge in [-0.2, -0.15) is 0 Å². The van der Waals surface area contributed by atoms with Crippen LogP contribution in [0.2, 0.25) is 0 Å². The molecule has 0 bridgehead atoms. The van der Waals surface area contributed by atoms with Crippen molar-refractivity contribution < 1.29 is 9.53 Å². The molecule has 1 rings (SSSR count). The summed E-state index contributed by atoms with van der Waals surface area (Å²) in [6.45, 7) is 1.44. The highest BCUT2D eigenvalue weighted by Gasteiger charge is 2.34. The molecule has 5 heteroatoms. The van der Waals surface area contributed by atoms with Crippen molar-refractivity contribution in [2.24, 2.45) is 0 Å². The SMILES string of the molecule is COC(C)(Cl)C(=O)N(Cl)c1ccccc1. The van der Waals surface area contributed by atoms with Crippen molar-refractivity contribution in [3.05, 3.63) is 30.3 Å². The molecule has 0 spiro atoms. The number of carbonyl (C=O) groups excluding carboxylic acids is 1. The van der Waals surface area contributed by atoms with Crippen molar-refractivity contribution in [3.63, 3.8) is 0 Å². The van der Waals surface area contributed by atoms with Gasteiger partial charge < -0.3 is 4.74 Å². The molecule has 0 saturated heterocycles. The second-order valence-corrected chi connectivity index (χ2v) is 4.10. The first-order valence-corrected chi connectivity index (χ1v) is 5.00. The van der Waals surface area contributed by atoms with Crippen LogP contribution in [0.1, 0.15) is 6.92 Å². The lowest BCUT2D eigenvalue weighted by atomic mass is 10.3. The number of hydrogen-bond donors (Lipinski definition) is 0. The number of ether oxygens (including phenoxy) is 1.